The summed E-state index contributed by atoms with van der Waals surface area (Å²) < 4.78 is 0. The largest absolute Gasteiger partial charge is 0.379 e. The third-order valence-corrected chi connectivity index (χ3v) is 3.78. The van der Waals surface area contributed by atoms with Crippen LogP contribution in [0.25, 0.3) is 0 Å². The third-order valence-electron chi connectivity index (χ3n) is 3.78. The lowest BCUT2D eigenvalue weighted by Crippen LogP contribution is -2.26. The van der Waals surface area contributed by atoms with E-state index in [-0.39, 0.29) is 10.6 Å². The predicted molar refractivity (Wildman–Crippen MR) is 85.6 cm³/mol. The first-order valence-electron chi connectivity index (χ1n) is 7.91. The molecule has 0 bridgehead atoms. The number of hydrogen-bond acceptors (Lipinski definition) is 4. The maximum atomic E-state index is 11.1. The zero-order chi connectivity index (χ0) is 15.2. The molecule has 1 N–H and O–H groups in total. The Morgan fingerprint density at radius 2 is 2.10 bits per heavy atom. The van der Waals surface area contributed by atoms with Gasteiger partial charge in [0.2, 0.25) is 0 Å². The molecule has 116 valence electrons. The van der Waals surface area contributed by atoms with Crippen LogP contribution in [0.1, 0.15) is 45.1 Å². The lowest BCUT2D eigenvalue weighted by molar-refractivity contribution is -0.384. The minimum atomic E-state index is -0.313. The van der Waals surface area contributed by atoms with Gasteiger partial charge in [0.25, 0.3) is 5.69 Å². The van der Waals surface area contributed by atoms with Crippen molar-refractivity contribution in [2.24, 2.45) is 0 Å². The second-order valence-electron chi connectivity index (χ2n) is 5.74. The van der Waals surface area contributed by atoms with Crippen molar-refractivity contribution >= 4 is 11.4 Å². The molecular formula is C16H25N3O2. The van der Waals surface area contributed by atoms with E-state index in [1.807, 2.05) is 12.1 Å². The second kappa shape index (κ2) is 7.41. The molecule has 1 aromatic carbocycles. The number of nitro groups is 1. The number of hydrogen-bond donors (Lipinski definition) is 1. The van der Waals surface area contributed by atoms with Crippen LogP contribution in [0, 0.1) is 10.1 Å². The minimum Gasteiger partial charge on any atom is -0.379 e. The Kier molecular flexibility index (Phi) is 5.56. The molecule has 1 saturated carbocycles. The summed E-state index contributed by atoms with van der Waals surface area (Å²) in [4.78, 5) is 13.3. The average molecular weight is 291 g/mol. The van der Waals surface area contributed by atoms with Crippen LogP contribution in [-0.4, -0.2) is 29.0 Å². The van der Waals surface area contributed by atoms with E-state index >= 15 is 0 Å². The van der Waals surface area contributed by atoms with Gasteiger partial charge < -0.3 is 5.32 Å². The van der Waals surface area contributed by atoms with Crippen molar-refractivity contribution in [1.82, 2.24) is 4.90 Å². The van der Waals surface area contributed by atoms with Gasteiger partial charge in [-0.2, -0.15) is 0 Å². The highest BCUT2D eigenvalue weighted by atomic mass is 16.6. The van der Waals surface area contributed by atoms with Crippen molar-refractivity contribution < 1.29 is 4.92 Å². The Morgan fingerprint density at radius 3 is 2.67 bits per heavy atom. The van der Waals surface area contributed by atoms with Crippen molar-refractivity contribution in [3.63, 3.8) is 0 Å². The molecule has 5 nitrogen and oxygen atoms in total. The molecule has 0 spiro atoms. The number of nitrogens with zero attached hydrogens (tertiary/aromatic N) is 2. The van der Waals surface area contributed by atoms with Gasteiger partial charge in [-0.05, 0) is 43.9 Å². The minimum absolute atomic E-state index is 0.167. The van der Waals surface area contributed by atoms with Gasteiger partial charge in [0.05, 0.1) is 4.92 Å². The molecule has 0 aliphatic heterocycles. The maximum Gasteiger partial charge on any atom is 0.292 e. The van der Waals surface area contributed by atoms with Gasteiger partial charge in [0, 0.05) is 25.2 Å². The van der Waals surface area contributed by atoms with Gasteiger partial charge in [-0.3, -0.25) is 15.0 Å². The van der Waals surface area contributed by atoms with E-state index in [0.717, 1.165) is 38.0 Å². The highest BCUT2D eigenvalue weighted by Crippen LogP contribution is 2.30. The predicted octanol–water partition coefficient (Wildman–Crippen LogP) is 3.79. The van der Waals surface area contributed by atoms with Crippen molar-refractivity contribution in [3.05, 3.63) is 33.9 Å². The first-order chi connectivity index (χ1) is 10.2. The molecule has 21 heavy (non-hydrogen) atoms. The maximum absolute atomic E-state index is 11.1. The van der Waals surface area contributed by atoms with Gasteiger partial charge in [0.15, 0.2) is 0 Å². The van der Waals surface area contributed by atoms with E-state index in [0.29, 0.717) is 11.7 Å². The molecule has 1 aromatic rings. The smallest absolute Gasteiger partial charge is 0.292 e. The van der Waals surface area contributed by atoms with Crippen molar-refractivity contribution in [1.29, 1.82) is 0 Å². The Balaban J connectivity index is 2.13. The second-order valence-corrected chi connectivity index (χ2v) is 5.74. The lowest BCUT2D eigenvalue weighted by atomic mass is 10.1. The van der Waals surface area contributed by atoms with Crippen molar-refractivity contribution in [2.75, 3.05) is 18.4 Å². The van der Waals surface area contributed by atoms with Crippen LogP contribution in [0.4, 0.5) is 11.4 Å². The zero-order valence-electron chi connectivity index (χ0n) is 13.0. The SMILES string of the molecule is CCCNc1cc(CN(CCC)C2CC2)ccc1[N+](=O)[O-]. The van der Waals surface area contributed by atoms with Crippen molar-refractivity contribution in [2.45, 2.75) is 52.1 Å². The van der Waals surface area contributed by atoms with Crippen LogP contribution in [0.3, 0.4) is 0 Å². The fourth-order valence-electron chi connectivity index (χ4n) is 2.59. The molecule has 1 aliphatic carbocycles. The first kappa shape index (κ1) is 15.8. The summed E-state index contributed by atoms with van der Waals surface area (Å²) >= 11 is 0. The fraction of sp³-hybridized carbons (Fsp3) is 0.625. The Morgan fingerprint density at radius 1 is 1.33 bits per heavy atom. The van der Waals surface area contributed by atoms with Gasteiger partial charge in [-0.15, -0.1) is 0 Å². The number of benzene rings is 1. The van der Waals surface area contributed by atoms with E-state index in [4.69, 9.17) is 0 Å². The van der Waals surface area contributed by atoms with Gasteiger partial charge in [-0.1, -0.05) is 19.9 Å². The summed E-state index contributed by atoms with van der Waals surface area (Å²) in [6.07, 6.45) is 4.66. The van der Waals surface area contributed by atoms with E-state index in [1.54, 1.807) is 6.07 Å². The summed E-state index contributed by atoms with van der Waals surface area (Å²) in [7, 11) is 0. The summed E-state index contributed by atoms with van der Waals surface area (Å²) in [5, 5.41) is 14.3. The summed E-state index contributed by atoms with van der Waals surface area (Å²) in [6.45, 7) is 6.99. The van der Waals surface area contributed by atoms with Gasteiger partial charge >= 0.3 is 0 Å². The van der Waals surface area contributed by atoms with E-state index in [9.17, 15) is 10.1 Å². The Labute approximate surface area is 126 Å². The Hall–Kier alpha value is -1.62. The molecule has 0 saturated heterocycles. The van der Waals surface area contributed by atoms with Crippen LogP contribution in [0.5, 0.6) is 0 Å². The number of nitro benzene ring substituents is 1. The molecule has 5 heteroatoms. The summed E-state index contributed by atoms with van der Waals surface area (Å²) in [6, 6.07) is 6.18. The molecule has 0 unspecified atom stereocenters. The number of anilines is 1. The van der Waals surface area contributed by atoms with Crippen LogP contribution >= 0.6 is 0 Å². The molecular weight excluding hydrogens is 266 g/mol. The van der Waals surface area contributed by atoms with E-state index in [1.165, 1.54) is 12.8 Å². The standard InChI is InChI=1S/C16H25N3O2/c1-3-9-17-15-11-13(5-8-16(15)19(20)21)12-18(10-4-2)14-6-7-14/h5,8,11,14,17H,3-4,6-7,9-10,12H2,1-2H3. The molecule has 0 atom stereocenters. The molecule has 0 amide bonds. The van der Waals surface area contributed by atoms with Crippen LogP contribution in [0.2, 0.25) is 0 Å². The molecule has 1 fully saturated rings. The topological polar surface area (TPSA) is 58.4 Å². The Bertz CT molecular complexity index is 486. The van der Waals surface area contributed by atoms with Crippen LogP contribution in [-0.2, 0) is 6.54 Å². The fourth-order valence-corrected chi connectivity index (χ4v) is 2.59. The van der Waals surface area contributed by atoms with E-state index in [2.05, 4.69) is 24.1 Å². The molecule has 2 rings (SSSR count). The van der Waals surface area contributed by atoms with Gasteiger partial charge in [0.1, 0.15) is 5.69 Å². The van der Waals surface area contributed by atoms with E-state index < -0.39 is 0 Å². The first-order valence-corrected chi connectivity index (χ1v) is 7.91. The molecule has 0 heterocycles. The quantitative estimate of drug-likeness (QED) is 0.555. The zero-order valence-corrected chi connectivity index (χ0v) is 13.0. The lowest BCUT2D eigenvalue weighted by Gasteiger charge is -2.21. The van der Waals surface area contributed by atoms with Crippen LogP contribution in [0.15, 0.2) is 18.2 Å². The highest BCUT2D eigenvalue weighted by molar-refractivity contribution is 5.62. The molecule has 1 aliphatic rings. The van der Waals surface area contributed by atoms with Crippen LogP contribution < -0.4 is 5.32 Å². The normalized spacial score (nSPS) is 14.4. The van der Waals surface area contributed by atoms with Gasteiger partial charge in [-0.25, -0.2) is 0 Å². The number of nitrogens with one attached hydrogen (secondary N) is 1. The summed E-state index contributed by atoms with van der Waals surface area (Å²) in [5.74, 6) is 0. The van der Waals surface area contributed by atoms with Crippen molar-refractivity contribution in [3.8, 4) is 0 Å². The average Bonchev–Trinajstić information content (AvgIpc) is 3.29. The molecule has 0 radical (unpaired) electrons. The number of rotatable bonds is 9. The monoisotopic (exact) mass is 291 g/mol. The summed E-state index contributed by atoms with van der Waals surface area (Å²) in [5.41, 5.74) is 1.96. The molecule has 0 aromatic heterocycles. The third kappa shape index (κ3) is 4.43. The highest BCUT2D eigenvalue weighted by Gasteiger charge is 2.28.